The molecule has 12 heteroatoms. The molecule has 0 spiro atoms. The Kier molecular flexibility index (Phi) is 6.32. The van der Waals surface area contributed by atoms with Crippen molar-refractivity contribution >= 4 is 23.2 Å². The van der Waals surface area contributed by atoms with E-state index >= 15 is 0 Å². The Balaban J connectivity index is 1.47. The number of carbonyl (C=O) groups is 1. The second-order valence-electron chi connectivity index (χ2n) is 8.43. The average Bonchev–Trinajstić information content (AvgIpc) is 3.40. The highest BCUT2D eigenvalue weighted by Gasteiger charge is 2.21. The molecule has 1 fully saturated rings. The molecule has 0 radical (unpaired) electrons. The standard InChI is InChI=1S/C24H24F2N8O2/c1-14(16-6-5-15(25)12-17(16)26)29-19-13-18(21-22(27)32-34-9-3-7-28-23(21)34)30-24(31-19)36-11-10-33-8-2-4-20(33)35/h3,5-7,9,12-14H,2,4,8,10-11H2,1H3,(H2,27,32)(H,29,30,31)/t14-/m0/s1. The van der Waals surface area contributed by atoms with E-state index in [0.717, 1.165) is 12.5 Å². The zero-order valence-electron chi connectivity index (χ0n) is 19.5. The SMILES string of the molecule is C[C@H](Nc1cc(-c2c(N)nn3cccnc23)nc(OCCN2CCCC2=O)n1)c1ccc(F)cc1F. The molecule has 1 atom stereocenters. The van der Waals surface area contributed by atoms with E-state index in [-0.39, 0.29) is 29.9 Å². The molecule has 0 saturated carbocycles. The van der Waals surface area contributed by atoms with Gasteiger partial charge in [-0.15, -0.1) is 5.10 Å². The highest BCUT2D eigenvalue weighted by atomic mass is 19.1. The van der Waals surface area contributed by atoms with E-state index in [1.165, 1.54) is 16.6 Å². The molecule has 4 aromatic rings. The Morgan fingerprint density at radius 1 is 1.25 bits per heavy atom. The Morgan fingerprint density at radius 3 is 2.89 bits per heavy atom. The molecule has 1 aliphatic rings. The monoisotopic (exact) mass is 494 g/mol. The minimum Gasteiger partial charge on any atom is -0.462 e. The van der Waals surface area contributed by atoms with Crippen LogP contribution in [0.4, 0.5) is 20.4 Å². The van der Waals surface area contributed by atoms with Gasteiger partial charge in [0, 0.05) is 43.1 Å². The number of hydrogen-bond donors (Lipinski definition) is 2. The van der Waals surface area contributed by atoms with Gasteiger partial charge < -0.3 is 20.7 Å². The molecule has 1 amide bonds. The number of anilines is 2. The molecule has 1 aromatic carbocycles. The molecular weight excluding hydrogens is 470 g/mol. The quantitative estimate of drug-likeness (QED) is 0.383. The largest absolute Gasteiger partial charge is 0.462 e. The molecule has 0 unspecified atom stereocenters. The number of rotatable bonds is 8. The minimum absolute atomic E-state index is 0.0445. The normalized spacial score (nSPS) is 14.4. The van der Waals surface area contributed by atoms with E-state index in [1.54, 1.807) is 36.4 Å². The van der Waals surface area contributed by atoms with Crippen LogP contribution < -0.4 is 15.8 Å². The number of carbonyl (C=O) groups excluding carboxylic acids is 1. The molecule has 1 saturated heterocycles. The summed E-state index contributed by atoms with van der Waals surface area (Å²) < 4.78 is 35.1. The maximum absolute atomic E-state index is 14.4. The van der Waals surface area contributed by atoms with Crippen LogP contribution in [0.15, 0.2) is 42.7 Å². The fraction of sp³-hybridized carbons (Fsp3) is 0.292. The summed E-state index contributed by atoms with van der Waals surface area (Å²) >= 11 is 0. The van der Waals surface area contributed by atoms with E-state index in [1.807, 2.05) is 0 Å². The average molecular weight is 495 g/mol. The lowest BCUT2D eigenvalue weighted by Gasteiger charge is -2.18. The van der Waals surface area contributed by atoms with E-state index in [9.17, 15) is 13.6 Å². The molecule has 0 aliphatic carbocycles. The van der Waals surface area contributed by atoms with Crippen LogP contribution in [-0.2, 0) is 4.79 Å². The molecule has 10 nitrogen and oxygen atoms in total. The molecule has 1 aliphatic heterocycles. The first-order chi connectivity index (χ1) is 17.4. The third kappa shape index (κ3) is 4.74. The maximum Gasteiger partial charge on any atom is 0.318 e. The van der Waals surface area contributed by atoms with Gasteiger partial charge in [-0.2, -0.15) is 9.97 Å². The van der Waals surface area contributed by atoms with Gasteiger partial charge in [-0.1, -0.05) is 6.07 Å². The highest BCUT2D eigenvalue weighted by molar-refractivity contribution is 5.85. The second kappa shape index (κ2) is 9.72. The van der Waals surface area contributed by atoms with Gasteiger partial charge in [0.1, 0.15) is 24.1 Å². The highest BCUT2D eigenvalue weighted by Crippen LogP contribution is 2.31. The van der Waals surface area contributed by atoms with Crippen LogP contribution in [-0.4, -0.2) is 55.1 Å². The molecule has 4 heterocycles. The predicted octanol–water partition coefficient (Wildman–Crippen LogP) is 3.22. The van der Waals surface area contributed by atoms with Crippen molar-refractivity contribution in [1.82, 2.24) is 29.5 Å². The summed E-state index contributed by atoms with van der Waals surface area (Å²) in [5.41, 5.74) is 7.83. The summed E-state index contributed by atoms with van der Waals surface area (Å²) in [7, 11) is 0. The first-order valence-corrected chi connectivity index (χ1v) is 11.5. The number of hydrogen-bond acceptors (Lipinski definition) is 8. The van der Waals surface area contributed by atoms with Gasteiger partial charge in [-0.05, 0) is 25.5 Å². The Hall–Kier alpha value is -4.35. The number of halogens is 2. The molecule has 186 valence electrons. The van der Waals surface area contributed by atoms with Crippen LogP contribution in [0.2, 0.25) is 0 Å². The minimum atomic E-state index is -0.674. The lowest BCUT2D eigenvalue weighted by molar-refractivity contribution is -0.128. The van der Waals surface area contributed by atoms with Gasteiger partial charge >= 0.3 is 6.01 Å². The van der Waals surface area contributed by atoms with E-state index in [4.69, 9.17) is 10.5 Å². The number of ether oxygens (including phenoxy) is 1. The van der Waals surface area contributed by atoms with Crippen LogP contribution in [0.1, 0.15) is 31.4 Å². The van der Waals surface area contributed by atoms with Gasteiger partial charge in [0.25, 0.3) is 0 Å². The summed E-state index contributed by atoms with van der Waals surface area (Å²) in [6, 6.07) is 6.26. The third-order valence-electron chi connectivity index (χ3n) is 5.94. The summed E-state index contributed by atoms with van der Waals surface area (Å²) in [6.45, 7) is 3.02. The van der Waals surface area contributed by atoms with Gasteiger partial charge in [-0.25, -0.2) is 18.3 Å². The smallest absolute Gasteiger partial charge is 0.318 e. The summed E-state index contributed by atoms with van der Waals surface area (Å²) in [4.78, 5) is 26.9. The van der Waals surface area contributed by atoms with Crippen molar-refractivity contribution in [1.29, 1.82) is 0 Å². The molecule has 5 rings (SSSR count). The summed E-state index contributed by atoms with van der Waals surface area (Å²) in [5.74, 6) is -0.693. The Bertz CT molecular complexity index is 1430. The van der Waals surface area contributed by atoms with E-state index in [2.05, 4.69) is 25.4 Å². The fourth-order valence-electron chi connectivity index (χ4n) is 4.18. The molecule has 36 heavy (non-hydrogen) atoms. The fourth-order valence-corrected chi connectivity index (χ4v) is 4.18. The molecule has 0 bridgehead atoms. The van der Waals surface area contributed by atoms with Crippen LogP contribution in [0.25, 0.3) is 16.9 Å². The van der Waals surface area contributed by atoms with E-state index in [0.29, 0.717) is 42.2 Å². The van der Waals surface area contributed by atoms with Crippen LogP contribution >= 0.6 is 0 Å². The topological polar surface area (TPSA) is 124 Å². The van der Waals surface area contributed by atoms with Crippen molar-refractivity contribution in [2.24, 2.45) is 0 Å². The number of nitrogens with two attached hydrogens (primary N) is 1. The predicted molar refractivity (Wildman–Crippen MR) is 128 cm³/mol. The number of nitrogens with one attached hydrogen (secondary N) is 1. The number of nitrogens with zero attached hydrogens (tertiary/aromatic N) is 6. The van der Waals surface area contributed by atoms with Crippen molar-refractivity contribution in [3.05, 3.63) is 59.9 Å². The van der Waals surface area contributed by atoms with Crippen LogP contribution in [0.5, 0.6) is 6.01 Å². The third-order valence-corrected chi connectivity index (χ3v) is 5.94. The number of nitrogen functional groups attached to an aromatic ring is 1. The van der Waals surface area contributed by atoms with Gasteiger partial charge in [0.05, 0.1) is 23.8 Å². The molecule has 3 N–H and O–H groups in total. The number of likely N-dealkylation sites (tertiary alicyclic amines) is 1. The summed E-state index contributed by atoms with van der Waals surface area (Å²) in [6.07, 6.45) is 4.70. The van der Waals surface area contributed by atoms with Gasteiger partial charge in [0.2, 0.25) is 5.91 Å². The first kappa shape index (κ1) is 23.4. The van der Waals surface area contributed by atoms with Gasteiger partial charge in [0.15, 0.2) is 11.5 Å². The number of benzene rings is 1. The number of amides is 1. The number of fused-ring (bicyclic) bond motifs is 1. The van der Waals surface area contributed by atoms with Crippen LogP contribution in [0, 0.1) is 11.6 Å². The number of aromatic nitrogens is 5. The van der Waals surface area contributed by atoms with Crippen molar-refractivity contribution in [3.8, 4) is 17.3 Å². The molecular formula is C24H24F2N8O2. The van der Waals surface area contributed by atoms with Crippen LogP contribution in [0.3, 0.4) is 0 Å². The second-order valence-corrected chi connectivity index (χ2v) is 8.43. The zero-order valence-corrected chi connectivity index (χ0v) is 19.5. The lowest BCUT2D eigenvalue weighted by Crippen LogP contribution is -2.29. The lowest BCUT2D eigenvalue weighted by atomic mass is 10.1. The maximum atomic E-state index is 14.4. The van der Waals surface area contributed by atoms with Crippen molar-refractivity contribution in [2.75, 3.05) is 30.7 Å². The zero-order chi connectivity index (χ0) is 25.2. The Labute approximate surface area is 205 Å². The van der Waals surface area contributed by atoms with Crippen molar-refractivity contribution in [2.45, 2.75) is 25.8 Å². The Morgan fingerprint density at radius 2 is 2.11 bits per heavy atom. The summed E-state index contributed by atoms with van der Waals surface area (Å²) in [5, 5.41) is 7.40. The molecule has 3 aromatic heterocycles. The van der Waals surface area contributed by atoms with Gasteiger partial charge in [-0.3, -0.25) is 4.79 Å². The van der Waals surface area contributed by atoms with E-state index < -0.39 is 17.7 Å². The first-order valence-electron chi connectivity index (χ1n) is 11.5. The van der Waals surface area contributed by atoms with Crippen molar-refractivity contribution < 1.29 is 18.3 Å². The van der Waals surface area contributed by atoms with Crippen molar-refractivity contribution in [3.63, 3.8) is 0 Å².